The fourth-order valence-electron chi connectivity index (χ4n) is 0.249. The Balaban J connectivity index is 3.72. The normalized spacial score (nSPS) is 14.5. The summed E-state index contributed by atoms with van der Waals surface area (Å²) in [5, 5.41) is 8.12. The number of nitrogens with two attached hydrogens (primary N) is 1. The van der Waals surface area contributed by atoms with Crippen molar-refractivity contribution in [1.29, 1.82) is 0 Å². The second-order valence-corrected chi connectivity index (χ2v) is 2.97. The van der Waals surface area contributed by atoms with E-state index in [4.69, 9.17) is 20.6 Å². The fraction of sp³-hybridized carbons (Fsp3) is 0.667. The lowest BCUT2D eigenvalue weighted by atomic mass is 10.6. The van der Waals surface area contributed by atoms with Crippen LogP contribution in [-0.2, 0) is 13.9 Å². The first-order valence-electron chi connectivity index (χ1n) is 2.51. The minimum Gasteiger partial charge on any atom is -0.480 e. The largest absolute Gasteiger partial charge is 0.480 e. The van der Waals surface area contributed by atoms with Crippen LogP contribution in [0.25, 0.3) is 0 Å². The third-order valence-corrected chi connectivity index (χ3v) is 1.22. The monoisotopic (exact) mass is 187 g/mol. The maximum Gasteiger partial charge on any atom is 0.469 e. The number of hydrogen-bond donors (Lipinski definition) is 4. The molecular formula is C3H8NO6P. The molecule has 0 radical (unpaired) electrons. The van der Waals surface area contributed by atoms with Crippen molar-refractivity contribution in [2.45, 2.75) is 6.04 Å². The molecule has 0 spiro atoms. The molecule has 0 saturated carbocycles. The highest BCUT2D eigenvalue weighted by molar-refractivity contribution is 7.46. The molecule has 66 valence electrons. The van der Waals surface area contributed by atoms with Crippen molar-refractivity contribution < 1.29 is 28.8 Å². The molecule has 1 atom stereocenters. The number of carboxylic acids is 1. The van der Waals surface area contributed by atoms with Gasteiger partial charge in [-0.2, -0.15) is 0 Å². The maximum atomic E-state index is 9.98. The van der Waals surface area contributed by atoms with E-state index in [2.05, 4.69) is 4.52 Å². The lowest BCUT2D eigenvalue weighted by Gasteiger charge is -2.07. The van der Waals surface area contributed by atoms with Gasteiger partial charge in [0.1, 0.15) is 6.04 Å². The third-order valence-electron chi connectivity index (χ3n) is 0.739. The molecule has 0 bridgehead atoms. The van der Waals surface area contributed by atoms with Gasteiger partial charge in [-0.25, -0.2) is 4.57 Å². The van der Waals surface area contributed by atoms with Crippen molar-refractivity contribution in [3.05, 3.63) is 0 Å². The minimum atomic E-state index is -4.60. The van der Waals surface area contributed by atoms with Crippen LogP contribution in [0.5, 0.6) is 0 Å². The third kappa shape index (κ3) is 5.96. The Morgan fingerprint density at radius 2 is 2.09 bits per heavy atom. The highest BCUT2D eigenvalue weighted by Gasteiger charge is 2.19. The summed E-state index contributed by atoms with van der Waals surface area (Å²) in [4.78, 5) is 26.1. The molecule has 0 rings (SSSR count). The van der Waals surface area contributed by atoms with Gasteiger partial charge in [0.05, 0.1) is 6.61 Å². The molecule has 0 aromatic heterocycles. The number of phosphoric acid groups is 1. The quantitative estimate of drug-likeness (QED) is 0.394. The van der Waals surface area contributed by atoms with Crippen molar-refractivity contribution in [3.8, 4) is 0 Å². The van der Waals surface area contributed by atoms with Gasteiger partial charge in [-0.3, -0.25) is 9.32 Å². The Morgan fingerprint density at radius 3 is 2.36 bits per heavy atom. The molecule has 0 unspecified atom stereocenters. The molecule has 0 amide bonds. The second kappa shape index (κ2) is 3.80. The lowest BCUT2D eigenvalue weighted by Crippen LogP contribution is -2.34. The summed E-state index contributed by atoms with van der Waals surface area (Å²) in [7, 11) is -4.60. The van der Waals surface area contributed by atoms with Crippen LogP contribution in [0.15, 0.2) is 0 Å². The summed E-state index contributed by atoms with van der Waals surface area (Å²) in [6.07, 6.45) is 0. The number of hydrogen-bond acceptors (Lipinski definition) is 4. The summed E-state index contributed by atoms with van der Waals surface area (Å²) in [5.74, 6) is -1.38. The maximum absolute atomic E-state index is 9.98. The fourth-order valence-corrected chi connectivity index (χ4v) is 0.603. The first-order valence-corrected chi connectivity index (χ1v) is 4.04. The molecule has 0 aliphatic rings. The van der Waals surface area contributed by atoms with Crippen molar-refractivity contribution in [2.24, 2.45) is 5.73 Å². The van der Waals surface area contributed by atoms with E-state index < -0.39 is 26.4 Å². The number of aliphatic carboxylic acids is 1. The summed E-state index contributed by atoms with van der Waals surface area (Å²) in [6.45, 7) is -0.709. The van der Waals surface area contributed by atoms with Crippen LogP contribution in [-0.4, -0.2) is 33.5 Å². The average molecular weight is 187 g/mol. The SMILES string of the molecule is N[C@@H](COP(=O)(O)O)[14C](=O)O. The topological polar surface area (TPSA) is 130 Å². The Bertz CT molecular complexity index is 186. The summed E-state index contributed by atoms with van der Waals surface area (Å²) in [6, 6.07) is -1.41. The van der Waals surface area contributed by atoms with Gasteiger partial charge in [-0.1, -0.05) is 0 Å². The Labute approximate surface area is 62.0 Å². The number of rotatable bonds is 4. The van der Waals surface area contributed by atoms with E-state index in [1.54, 1.807) is 0 Å². The van der Waals surface area contributed by atoms with E-state index >= 15 is 0 Å². The van der Waals surface area contributed by atoms with Gasteiger partial charge >= 0.3 is 13.8 Å². The Kier molecular flexibility index (Phi) is 3.64. The molecule has 11 heavy (non-hydrogen) atoms. The molecule has 0 fully saturated rings. The summed E-state index contributed by atoms with van der Waals surface area (Å²) < 4.78 is 13.8. The highest BCUT2D eigenvalue weighted by Crippen LogP contribution is 2.35. The zero-order valence-corrected chi connectivity index (χ0v) is 6.27. The van der Waals surface area contributed by atoms with Gasteiger partial charge < -0.3 is 20.6 Å². The molecule has 0 aromatic carbocycles. The zero-order valence-electron chi connectivity index (χ0n) is 5.38. The van der Waals surface area contributed by atoms with E-state index in [-0.39, 0.29) is 0 Å². The van der Waals surface area contributed by atoms with Gasteiger partial charge in [0.25, 0.3) is 0 Å². The van der Waals surface area contributed by atoms with E-state index in [0.717, 1.165) is 0 Å². The van der Waals surface area contributed by atoms with Gasteiger partial charge in [-0.05, 0) is 0 Å². The molecule has 0 aliphatic carbocycles. The van der Waals surface area contributed by atoms with E-state index in [1.807, 2.05) is 0 Å². The molecule has 0 saturated heterocycles. The molecular weight excluding hydrogens is 179 g/mol. The van der Waals surface area contributed by atoms with Crippen LogP contribution < -0.4 is 5.73 Å². The van der Waals surface area contributed by atoms with Crippen molar-refractivity contribution >= 4 is 13.8 Å². The van der Waals surface area contributed by atoms with Crippen LogP contribution >= 0.6 is 7.82 Å². The number of carboxylic acid groups (broad SMARTS) is 1. The molecule has 8 heteroatoms. The van der Waals surface area contributed by atoms with Crippen LogP contribution in [0.3, 0.4) is 0 Å². The van der Waals surface area contributed by atoms with Crippen molar-refractivity contribution in [1.82, 2.24) is 0 Å². The highest BCUT2D eigenvalue weighted by atomic mass is 31.2. The molecule has 0 heterocycles. The van der Waals surface area contributed by atoms with E-state index in [0.29, 0.717) is 0 Å². The van der Waals surface area contributed by atoms with Crippen LogP contribution in [0, 0.1) is 0 Å². The number of phosphoric ester groups is 1. The summed E-state index contributed by atoms with van der Waals surface area (Å²) >= 11 is 0. The molecule has 0 aliphatic heterocycles. The van der Waals surface area contributed by atoms with Gasteiger partial charge in [-0.15, -0.1) is 0 Å². The lowest BCUT2D eigenvalue weighted by molar-refractivity contribution is -0.139. The van der Waals surface area contributed by atoms with Crippen LogP contribution in [0.4, 0.5) is 0 Å². The Morgan fingerprint density at radius 1 is 1.64 bits per heavy atom. The van der Waals surface area contributed by atoms with Crippen LogP contribution in [0.2, 0.25) is 0 Å². The molecule has 0 aromatic rings. The summed E-state index contributed by atoms with van der Waals surface area (Å²) in [5.41, 5.74) is 4.86. The molecule has 7 nitrogen and oxygen atoms in total. The van der Waals surface area contributed by atoms with Gasteiger partial charge in [0, 0.05) is 0 Å². The minimum absolute atomic E-state index is 0.709. The average Bonchev–Trinajstić information content (AvgIpc) is 1.80. The van der Waals surface area contributed by atoms with Crippen molar-refractivity contribution in [2.75, 3.05) is 6.61 Å². The smallest absolute Gasteiger partial charge is 0.469 e. The van der Waals surface area contributed by atoms with Gasteiger partial charge in [0.2, 0.25) is 0 Å². The van der Waals surface area contributed by atoms with E-state index in [9.17, 15) is 9.36 Å². The predicted molar refractivity (Wildman–Crippen MR) is 33.6 cm³/mol. The first-order chi connectivity index (χ1) is 4.83. The number of carbonyl (C=O) groups is 1. The first kappa shape index (κ1) is 10.5. The van der Waals surface area contributed by atoms with Gasteiger partial charge in [0.15, 0.2) is 0 Å². The predicted octanol–water partition coefficient (Wildman–Crippen LogP) is -1.49. The standard InChI is InChI=1S/C3H8NO6P/c4-2(3(5)6)1-10-11(7,8)9/h2H,1,4H2,(H,5,6)(H2,7,8,9)/t2-/m0/s1/i3+2. The van der Waals surface area contributed by atoms with Crippen molar-refractivity contribution in [3.63, 3.8) is 0 Å². The Hall–Kier alpha value is -0.460. The van der Waals surface area contributed by atoms with Crippen LogP contribution in [0.1, 0.15) is 0 Å². The second-order valence-electron chi connectivity index (χ2n) is 1.73. The molecule has 5 N–H and O–H groups in total. The van der Waals surface area contributed by atoms with E-state index in [1.165, 1.54) is 0 Å². The zero-order chi connectivity index (χ0) is 9.07.